The van der Waals surface area contributed by atoms with Crippen molar-refractivity contribution in [1.29, 1.82) is 0 Å². The van der Waals surface area contributed by atoms with Gasteiger partial charge in [0.2, 0.25) is 0 Å². The third-order valence-electron chi connectivity index (χ3n) is 3.29. The summed E-state index contributed by atoms with van der Waals surface area (Å²) < 4.78 is 1.26. The van der Waals surface area contributed by atoms with Crippen molar-refractivity contribution >= 4 is 34.2 Å². The standard InChI is InChI=1S/C17H19ClIN/c1-2-11-20-17(13-7-9-15(19)10-8-13)12-14-5-3-4-6-16(14)18/h3-10,17,20H,2,11-12H2,1H3. The Balaban J connectivity index is 2.19. The predicted octanol–water partition coefficient (Wildman–Crippen LogP) is 5.23. The van der Waals surface area contributed by atoms with Crippen molar-refractivity contribution < 1.29 is 0 Å². The van der Waals surface area contributed by atoms with Crippen molar-refractivity contribution in [2.24, 2.45) is 0 Å². The number of hydrogen-bond donors (Lipinski definition) is 1. The van der Waals surface area contributed by atoms with Gasteiger partial charge in [0.25, 0.3) is 0 Å². The molecule has 0 aliphatic carbocycles. The Kier molecular flexibility index (Phi) is 6.33. The number of nitrogens with one attached hydrogen (secondary N) is 1. The van der Waals surface area contributed by atoms with Crippen molar-refractivity contribution in [3.05, 3.63) is 68.3 Å². The Morgan fingerprint density at radius 1 is 1.10 bits per heavy atom. The molecule has 0 bridgehead atoms. The van der Waals surface area contributed by atoms with Crippen molar-refractivity contribution in [2.75, 3.05) is 6.54 Å². The first-order valence-electron chi connectivity index (χ1n) is 6.93. The maximum Gasteiger partial charge on any atom is 0.0438 e. The highest BCUT2D eigenvalue weighted by molar-refractivity contribution is 14.1. The van der Waals surface area contributed by atoms with Crippen molar-refractivity contribution in [2.45, 2.75) is 25.8 Å². The van der Waals surface area contributed by atoms with Gasteiger partial charge in [0.1, 0.15) is 0 Å². The Hall–Kier alpha value is -0.580. The van der Waals surface area contributed by atoms with Crippen LogP contribution in [0.3, 0.4) is 0 Å². The van der Waals surface area contributed by atoms with E-state index in [1.165, 1.54) is 14.7 Å². The SMILES string of the molecule is CCCNC(Cc1ccccc1Cl)c1ccc(I)cc1. The van der Waals surface area contributed by atoms with Crippen LogP contribution in [0.5, 0.6) is 0 Å². The number of benzene rings is 2. The maximum absolute atomic E-state index is 6.29. The normalized spacial score (nSPS) is 12.3. The molecule has 0 heterocycles. The fraction of sp³-hybridized carbons (Fsp3) is 0.294. The minimum Gasteiger partial charge on any atom is -0.310 e. The van der Waals surface area contributed by atoms with E-state index in [-0.39, 0.29) is 0 Å². The first-order chi connectivity index (χ1) is 9.70. The van der Waals surface area contributed by atoms with Gasteiger partial charge in [-0.1, -0.05) is 48.9 Å². The fourth-order valence-electron chi connectivity index (χ4n) is 2.21. The average molecular weight is 400 g/mol. The highest BCUT2D eigenvalue weighted by Crippen LogP contribution is 2.24. The molecule has 3 heteroatoms. The predicted molar refractivity (Wildman–Crippen MR) is 95.3 cm³/mol. The van der Waals surface area contributed by atoms with E-state index in [2.05, 4.69) is 65.2 Å². The second-order valence-electron chi connectivity index (χ2n) is 4.85. The lowest BCUT2D eigenvalue weighted by Gasteiger charge is -2.20. The molecule has 0 radical (unpaired) electrons. The maximum atomic E-state index is 6.29. The summed E-state index contributed by atoms with van der Waals surface area (Å²) in [5.41, 5.74) is 2.51. The van der Waals surface area contributed by atoms with Crippen LogP contribution in [0.4, 0.5) is 0 Å². The zero-order chi connectivity index (χ0) is 14.4. The molecule has 0 amide bonds. The van der Waals surface area contributed by atoms with Crippen LogP contribution in [0, 0.1) is 3.57 Å². The lowest BCUT2D eigenvalue weighted by atomic mass is 9.98. The van der Waals surface area contributed by atoms with Crippen LogP contribution < -0.4 is 5.32 Å². The highest BCUT2D eigenvalue weighted by Gasteiger charge is 2.13. The highest BCUT2D eigenvalue weighted by atomic mass is 127. The van der Waals surface area contributed by atoms with Crippen molar-refractivity contribution in [3.8, 4) is 0 Å². The molecular weight excluding hydrogens is 381 g/mol. The van der Waals surface area contributed by atoms with Gasteiger partial charge in [0.15, 0.2) is 0 Å². The first kappa shape index (κ1) is 15.8. The molecule has 1 atom stereocenters. The Bertz CT molecular complexity index is 539. The van der Waals surface area contributed by atoms with Crippen molar-refractivity contribution in [1.82, 2.24) is 5.32 Å². The third-order valence-corrected chi connectivity index (χ3v) is 4.38. The molecule has 0 spiro atoms. The van der Waals surface area contributed by atoms with Gasteiger partial charge in [-0.25, -0.2) is 0 Å². The van der Waals surface area contributed by atoms with E-state index >= 15 is 0 Å². The summed E-state index contributed by atoms with van der Waals surface area (Å²) in [6, 6.07) is 17.1. The molecule has 2 aromatic rings. The Morgan fingerprint density at radius 2 is 1.80 bits per heavy atom. The summed E-state index contributed by atoms with van der Waals surface area (Å²) in [7, 11) is 0. The number of hydrogen-bond acceptors (Lipinski definition) is 1. The molecule has 0 saturated heterocycles. The van der Waals surface area contributed by atoms with Gasteiger partial charge in [-0.05, 0) is 71.3 Å². The van der Waals surface area contributed by atoms with Crippen LogP contribution in [0.1, 0.15) is 30.5 Å². The second kappa shape index (κ2) is 8.01. The molecule has 20 heavy (non-hydrogen) atoms. The zero-order valence-corrected chi connectivity index (χ0v) is 14.5. The molecular formula is C17H19ClIN. The first-order valence-corrected chi connectivity index (χ1v) is 8.38. The summed E-state index contributed by atoms with van der Waals surface area (Å²) in [6.07, 6.45) is 2.05. The fourth-order valence-corrected chi connectivity index (χ4v) is 2.78. The van der Waals surface area contributed by atoms with Gasteiger partial charge in [0, 0.05) is 14.6 Å². The van der Waals surface area contributed by atoms with Gasteiger partial charge < -0.3 is 5.32 Å². The van der Waals surface area contributed by atoms with E-state index in [1.54, 1.807) is 0 Å². The van der Waals surface area contributed by atoms with Gasteiger partial charge in [-0.3, -0.25) is 0 Å². The van der Waals surface area contributed by atoms with E-state index in [0.29, 0.717) is 6.04 Å². The van der Waals surface area contributed by atoms with E-state index in [0.717, 1.165) is 24.4 Å². The topological polar surface area (TPSA) is 12.0 Å². The summed E-state index contributed by atoms with van der Waals surface area (Å²) in [5.74, 6) is 0. The molecule has 2 aromatic carbocycles. The number of rotatable bonds is 6. The largest absolute Gasteiger partial charge is 0.310 e. The third kappa shape index (κ3) is 4.47. The van der Waals surface area contributed by atoms with Crippen LogP contribution in [-0.4, -0.2) is 6.54 Å². The zero-order valence-electron chi connectivity index (χ0n) is 11.6. The summed E-state index contributed by atoms with van der Waals surface area (Å²) in [6.45, 7) is 3.20. The van der Waals surface area contributed by atoms with E-state index < -0.39 is 0 Å². The van der Waals surface area contributed by atoms with Gasteiger partial charge in [-0.2, -0.15) is 0 Å². The Labute approximate surface area is 139 Å². The quantitative estimate of drug-likeness (QED) is 0.656. The lowest BCUT2D eigenvalue weighted by molar-refractivity contribution is 0.529. The molecule has 1 N–H and O–H groups in total. The van der Waals surface area contributed by atoms with E-state index in [4.69, 9.17) is 11.6 Å². The molecule has 0 aliphatic heterocycles. The summed E-state index contributed by atoms with van der Waals surface area (Å²) in [5, 5.41) is 4.47. The van der Waals surface area contributed by atoms with Gasteiger partial charge in [0.05, 0.1) is 0 Å². The monoisotopic (exact) mass is 399 g/mol. The molecule has 0 fully saturated rings. The number of halogens is 2. The molecule has 0 saturated carbocycles. The molecule has 106 valence electrons. The van der Waals surface area contributed by atoms with Crippen LogP contribution in [0.15, 0.2) is 48.5 Å². The van der Waals surface area contributed by atoms with E-state index in [9.17, 15) is 0 Å². The molecule has 2 rings (SSSR count). The summed E-state index contributed by atoms with van der Waals surface area (Å²) in [4.78, 5) is 0. The van der Waals surface area contributed by atoms with Gasteiger partial charge in [-0.15, -0.1) is 0 Å². The smallest absolute Gasteiger partial charge is 0.0438 e. The lowest BCUT2D eigenvalue weighted by Crippen LogP contribution is -2.24. The Morgan fingerprint density at radius 3 is 2.45 bits per heavy atom. The minimum absolute atomic E-state index is 0.312. The van der Waals surface area contributed by atoms with Gasteiger partial charge >= 0.3 is 0 Å². The van der Waals surface area contributed by atoms with Crippen LogP contribution in [-0.2, 0) is 6.42 Å². The molecule has 0 aliphatic rings. The molecule has 1 nitrogen and oxygen atoms in total. The molecule has 0 aromatic heterocycles. The van der Waals surface area contributed by atoms with Crippen molar-refractivity contribution in [3.63, 3.8) is 0 Å². The second-order valence-corrected chi connectivity index (χ2v) is 6.51. The van der Waals surface area contributed by atoms with Crippen LogP contribution in [0.25, 0.3) is 0 Å². The summed E-state index contributed by atoms with van der Waals surface area (Å²) >= 11 is 8.62. The average Bonchev–Trinajstić information content (AvgIpc) is 2.46. The minimum atomic E-state index is 0.312. The van der Waals surface area contributed by atoms with E-state index in [1.807, 2.05) is 18.2 Å². The molecule has 1 unspecified atom stereocenters. The van der Waals surface area contributed by atoms with Crippen LogP contribution in [0.2, 0.25) is 5.02 Å². The van der Waals surface area contributed by atoms with Crippen LogP contribution >= 0.6 is 34.2 Å².